The molecule has 0 N–H and O–H groups in total. The van der Waals surface area contributed by atoms with E-state index in [1.807, 2.05) is 0 Å². The Kier molecular flexibility index (Phi) is 4.26. The van der Waals surface area contributed by atoms with E-state index < -0.39 is 9.05 Å². The van der Waals surface area contributed by atoms with Crippen molar-refractivity contribution in [3.63, 3.8) is 0 Å². The van der Waals surface area contributed by atoms with Crippen LogP contribution in [0.15, 0.2) is 0 Å². The van der Waals surface area contributed by atoms with Gasteiger partial charge in [0.1, 0.15) is 0 Å². The molecular formula is C10H19ClO2S. The Bertz CT molecular complexity index is 272. The molecule has 0 aromatic rings. The van der Waals surface area contributed by atoms with Gasteiger partial charge in [0.15, 0.2) is 0 Å². The third kappa shape index (κ3) is 3.13. The summed E-state index contributed by atoms with van der Waals surface area (Å²) in [5, 5.41) is -0.313. The molecule has 4 heteroatoms. The van der Waals surface area contributed by atoms with Gasteiger partial charge in [0.25, 0.3) is 0 Å². The smallest absolute Gasteiger partial charge is 0.212 e. The Morgan fingerprint density at radius 1 is 1.14 bits per heavy atom. The van der Waals surface area contributed by atoms with E-state index in [1.54, 1.807) is 0 Å². The molecule has 0 spiro atoms. The minimum atomic E-state index is -3.37. The molecule has 0 aliphatic heterocycles. The molecule has 1 rings (SSSR count). The summed E-state index contributed by atoms with van der Waals surface area (Å²) >= 11 is 0. The number of hydrogen-bond donors (Lipinski definition) is 0. The van der Waals surface area contributed by atoms with Crippen LogP contribution in [0.5, 0.6) is 0 Å². The highest BCUT2D eigenvalue weighted by molar-refractivity contribution is 8.14. The van der Waals surface area contributed by atoms with Gasteiger partial charge in [-0.2, -0.15) is 0 Å². The van der Waals surface area contributed by atoms with E-state index in [0.717, 1.165) is 32.1 Å². The zero-order valence-electron chi connectivity index (χ0n) is 8.87. The summed E-state index contributed by atoms with van der Waals surface area (Å²) < 4.78 is 22.8. The summed E-state index contributed by atoms with van der Waals surface area (Å²) in [6.45, 7) is 4.18. The van der Waals surface area contributed by atoms with E-state index >= 15 is 0 Å². The fourth-order valence-corrected chi connectivity index (χ4v) is 4.39. The quantitative estimate of drug-likeness (QED) is 0.547. The lowest BCUT2D eigenvalue weighted by molar-refractivity contribution is 0.343. The lowest BCUT2D eigenvalue weighted by Gasteiger charge is -2.25. The molecule has 2 atom stereocenters. The Hall–Kier alpha value is 0.240. The summed E-state index contributed by atoms with van der Waals surface area (Å²) in [6.07, 6.45) is 5.04. The normalized spacial score (nSPS) is 30.3. The van der Waals surface area contributed by atoms with Crippen molar-refractivity contribution >= 4 is 19.7 Å². The van der Waals surface area contributed by atoms with E-state index in [0.29, 0.717) is 5.92 Å². The van der Waals surface area contributed by atoms with Gasteiger partial charge >= 0.3 is 0 Å². The molecule has 14 heavy (non-hydrogen) atoms. The van der Waals surface area contributed by atoms with Crippen LogP contribution in [-0.4, -0.2) is 13.7 Å². The summed E-state index contributed by atoms with van der Waals surface area (Å²) in [5.74, 6) is 0.659. The fourth-order valence-electron chi connectivity index (χ4n) is 2.41. The fraction of sp³-hybridized carbons (Fsp3) is 1.00. The standard InChI is InChI=1S/C10H19ClO2S/c1-8(2)9-6-4-3-5-7-10(9)14(11,12)13/h8-10H,3-7H2,1-2H3. The third-order valence-electron chi connectivity index (χ3n) is 3.22. The molecule has 0 radical (unpaired) electrons. The number of hydrogen-bond acceptors (Lipinski definition) is 2. The Labute approximate surface area is 91.5 Å². The van der Waals surface area contributed by atoms with Crippen molar-refractivity contribution in [2.75, 3.05) is 0 Å². The van der Waals surface area contributed by atoms with Crippen LogP contribution in [-0.2, 0) is 9.05 Å². The largest absolute Gasteiger partial charge is 0.235 e. The van der Waals surface area contributed by atoms with Crippen LogP contribution in [0.3, 0.4) is 0 Å². The van der Waals surface area contributed by atoms with E-state index in [2.05, 4.69) is 13.8 Å². The van der Waals surface area contributed by atoms with Gasteiger partial charge in [-0.05, 0) is 24.7 Å². The zero-order valence-corrected chi connectivity index (χ0v) is 10.4. The molecule has 0 bridgehead atoms. The summed E-state index contributed by atoms with van der Waals surface area (Å²) in [5.41, 5.74) is 0. The molecule has 1 fully saturated rings. The SMILES string of the molecule is CC(C)C1CCCCCC1S(=O)(=O)Cl. The molecule has 2 unspecified atom stereocenters. The first-order valence-corrected chi connectivity index (χ1v) is 7.73. The van der Waals surface area contributed by atoms with Gasteiger partial charge in [-0.1, -0.05) is 33.1 Å². The first kappa shape index (κ1) is 12.3. The molecule has 0 heterocycles. The summed E-state index contributed by atoms with van der Waals surface area (Å²) in [6, 6.07) is 0. The van der Waals surface area contributed by atoms with Crippen LogP contribution in [0.1, 0.15) is 46.0 Å². The van der Waals surface area contributed by atoms with Gasteiger partial charge in [-0.3, -0.25) is 0 Å². The average Bonchev–Trinajstić information content (AvgIpc) is 2.26. The second kappa shape index (κ2) is 4.84. The minimum absolute atomic E-state index is 0.250. The molecular weight excluding hydrogens is 220 g/mol. The highest BCUT2D eigenvalue weighted by Crippen LogP contribution is 2.34. The minimum Gasteiger partial charge on any atom is -0.212 e. The lowest BCUT2D eigenvalue weighted by Crippen LogP contribution is -2.29. The molecule has 84 valence electrons. The van der Waals surface area contributed by atoms with Gasteiger partial charge in [-0.25, -0.2) is 8.42 Å². The van der Waals surface area contributed by atoms with E-state index in [4.69, 9.17) is 10.7 Å². The molecule has 1 aliphatic rings. The first-order valence-electron chi connectivity index (χ1n) is 5.36. The van der Waals surface area contributed by atoms with Crippen LogP contribution in [0.25, 0.3) is 0 Å². The highest BCUT2D eigenvalue weighted by Gasteiger charge is 2.34. The summed E-state index contributed by atoms with van der Waals surface area (Å²) in [4.78, 5) is 0. The second-order valence-electron chi connectivity index (χ2n) is 4.56. The molecule has 1 saturated carbocycles. The topological polar surface area (TPSA) is 34.1 Å². The molecule has 1 aliphatic carbocycles. The van der Waals surface area contributed by atoms with Crippen molar-refractivity contribution < 1.29 is 8.42 Å². The van der Waals surface area contributed by atoms with Gasteiger partial charge < -0.3 is 0 Å². The first-order chi connectivity index (χ1) is 6.43. The van der Waals surface area contributed by atoms with Gasteiger partial charge in [0.2, 0.25) is 9.05 Å². The number of halogens is 1. The predicted octanol–water partition coefficient (Wildman–Crippen LogP) is 3.16. The van der Waals surface area contributed by atoms with Crippen LogP contribution < -0.4 is 0 Å². The van der Waals surface area contributed by atoms with E-state index in [9.17, 15) is 8.42 Å². The molecule has 2 nitrogen and oxygen atoms in total. The maximum atomic E-state index is 11.4. The average molecular weight is 239 g/mol. The zero-order chi connectivity index (χ0) is 10.8. The second-order valence-corrected chi connectivity index (χ2v) is 7.41. The monoisotopic (exact) mass is 238 g/mol. The van der Waals surface area contributed by atoms with Crippen molar-refractivity contribution in [3.05, 3.63) is 0 Å². The molecule has 0 aromatic heterocycles. The van der Waals surface area contributed by atoms with Crippen LogP contribution >= 0.6 is 10.7 Å². The predicted molar refractivity (Wildman–Crippen MR) is 60.0 cm³/mol. The van der Waals surface area contributed by atoms with Gasteiger partial charge in [0.05, 0.1) is 5.25 Å². The number of rotatable bonds is 2. The molecule has 0 amide bonds. The van der Waals surface area contributed by atoms with Crippen molar-refractivity contribution in [1.29, 1.82) is 0 Å². The Morgan fingerprint density at radius 3 is 2.21 bits per heavy atom. The van der Waals surface area contributed by atoms with Gasteiger partial charge in [0, 0.05) is 10.7 Å². The maximum Gasteiger partial charge on any atom is 0.235 e. The lowest BCUT2D eigenvalue weighted by atomic mass is 9.88. The Balaban J connectivity index is 2.85. The molecule has 0 aromatic carbocycles. The van der Waals surface area contributed by atoms with Gasteiger partial charge in [-0.15, -0.1) is 0 Å². The van der Waals surface area contributed by atoms with Crippen LogP contribution in [0.4, 0.5) is 0 Å². The molecule has 0 saturated heterocycles. The third-order valence-corrected chi connectivity index (χ3v) is 5.22. The van der Waals surface area contributed by atoms with Crippen molar-refractivity contribution in [2.24, 2.45) is 11.8 Å². The maximum absolute atomic E-state index is 11.4. The highest BCUT2D eigenvalue weighted by atomic mass is 35.7. The van der Waals surface area contributed by atoms with Crippen molar-refractivity contribution in [1.82, 2.24) is 0 Å². The van der Waals surface area contributed by atoms with Crippen molar-refractivity contribution in [3.8, 4) is 0 Å². The van der Waals surface area contributed by atoms with Crippen molar-refractivity contribution in [2.45, 2.75) is 51.2 Å². The van der Waals surface area contributed by atoms with Crippen LogP contribution in [0, 0.1) is 11.8 Å². The summed E-state index contributed by atoms with van der Waals surface area (Å²) in [7, 11) is 2.12. The van der Waals surface area contributed by atoms with E-state index in [-0.39, 0.29) is 11.2 Å². The van der Waals surface area contributed by atoms with Crippen LogP contribution in [0.2, 0.25) is 0 Å². The Morgan fingerprint density at radius 2 is 1.71 bits per heavy atom. The van der Waals surface area contributed by atoms with E-state index in [1.165, 1.54) is 0 Å².